The molecule has 16 heavy (non-hydrogen) atoms. The van der Waals surface area contributed by atoms with Crippen molar-refractivity contribution in [2.24, 2.45) is 5.73 Å². The van der Waals surface area contributed by atoms with Gasteiger partial charge in [-0.2, -0.15) is 5.26 Å². The largest absolute Gasteiger partial charge is 0.327 e. The summed E-state index contributed by atoms with van der Waals surface area (Å²) >= 11 is 0. The lowest BCUT2D eigenvalue weighted by Gasteiger charge is -2.30. The Hall–Kier alpha value is -1.37. The second-order valence-electron chi connectivity index (χ2n) is 4.41. The van der Waals surface area contributed by atoms with Crippen molar-refractivity contribution in [2.45, 2.75) is 25.4 Å². The van der Waals surface area contributed by atoms with Crippen molar-refractivity contribution in [3.63, 3.8) is 0 Å². The van der Waals surface area contributed by atoms with Gasteiger partial charge in [0.2, 0.25) is 0 Å². The summed E-state index contributed by atoms with van der Waals surface area (Å²) < 4.78 is 0. The Balaban J connectivity index is 2.06. The molecule has 3 heteroatoms. The van der Waals surface area contributed by atoms with Crippen molar-refractivity contribution < 1.29 is 0 Å². The molecule has 0 spiro atoms. The summed E-state index contributed by atoms with van der Waals surface area (Å²) in [6.45, 7) is 2.88. The van der Waals surface area contributed by atoms with E-state index in [2.05, 4.69) is 11.0 Å². The number of likely N-dealkylation sites (tertiary alicyclic amines) is 1. The maximum absolute atomic E-state index is 9.01. The number of piperidine rings is 1. The second-order valence-corrected chi connectivity index (χ2v) is 4.41. The fraction of sp³-hybridized carbons (Fsp3) is 0.462. The molecule has 84 valence electrons. The highest BCUT2D eigenvalue weighted by molar-refractivity contribution is 5.37. The SMILES string of the molecule is N#Cc1ccccc1CN1CCC[C@H](N)C1. The zero-order chi connectivity index (χ0) is 11.4. The fourth-order valence-electron chi connectivity index (χ4n) is 2.24. The smallest absolute Gasteiger partial charge is 0.0995 e. The molecule has 0 aliphatic carbocycles. The molecular formula is C13H17N3. The molecule has 0 radical (unpaired) electrons. The van der Waals surface area contributed by atoms with Crippen LogP contribution in [0.2, 0.25) is 0 Å². The van der Waals surface area contributed by atoms with E-state index in [9.17, 15) is 0 Å². The third-order valence-corrected chi connectivity index (χ3v) is 3.07. The Morgan fingerprint density at radius 2 is 2.25 bits per heavy atom. The summed E-state index contributed by atoms with van der Waals surface area (Å²) in [6.07, 6.45) is 2.28. The quantitative estimate of drug-likeness (QED) is 0.813. The van der Waals surface area contributed by atoms with Crippen LogP contribution in [0.25, 0.3) is 0 Å². The number of nitriles is 1. The average Bonchev–Trinajstić information content (AvgIpc) is 2.30. The number of hydrogen-bond donors (Lipinski definition) is 1. The highest BCUT2D eigenvalue weighted by atomic mass is 15.1. The standard InChI is InChI=1S/C13H17N3/c14-8-11-4-1-2-5-12(11)9-16-7-3-6-13(15)10-16/h1-2,4-5,13H,3,6-7,9-10,15H2/t13-/m0/s1. The summed E-state index contributed by atoms with van der Waals surface area (Å²) in [5, 5.41) is 9.01. The van der Waals surface area contributed by atoms with Gasteiger partial charge in [-0.05, 0) is 31.0 Å². The van der Waals surface area contributed by atoms with E-state index in [4.69, 9.17) is 11.0 Å². The average molecular weight is 215 g/mol. The molecule has 0 amide bonds. The summed E-state index contributed by atoms with van der Waals surface area (Å²) in [7, 11) is 0. The summed E-state index contributed by atoms with van der Waals surface area (Å²) in [4.78, 5) is 2.34. The predicted octanol–water partition coefficient (Wildman–Crippen LogP) is 1.48. The summed E-state index contributed by atoms with van der Waals surface area (Å²) in [5.41, 5.74) is 7.83. The monoisotopic (exact) mass is 215 g/mol. The predicted molar refractivity (Wildman–Crippen MR) is 63.6 cm³/mol. The van der Waals surface area contributed by atoms with Crippen LogP contribution >= 0.6 is 0 Å². The van der Waals surface area contributed by atoms with Gasteiger partial charge in [-0.3, -0.25) is 4.90 Å². The number of hydrogen-bond acceptors (Lipinski definition) is 3. The molecule has 0 bridgehead atoms. The first-order chi connectivity index (χ1) is 7.79. The van der Waals surface area contributed by atoms with Crippen molar-refractivity contribution in [3.05, 3.63) is 35.4 Å². The summed E-state index contributed by atoms with van der Waals surface area (Å²) in [6, 6.07) is 10.3. The number of nitrogens with zero attached hydrogens (tertiary/aromatic N) is 2. The Labute approximate surface area is 96.5 Å². The van der Waals surface area contributed by atoms with E-state index in [-0.39, 0.29) is 0 Å². The van der Waals surface area contributed by atoms with Crippen molar-refractivity contribution in [3.8, 4) is 6.07 Å². The third kappa shape index (κ3) is 2.60. The van der Waals surface area contributed by atoms with Crippen LogP contribution < -0.4 is 5.73 Å². The van der Waals surface area contributed by atoms with E-state index in [1.165, 1.54) is 0 Å². The van der Waals surface area contributed by atoms with Crippen molar-refractivity contribution >= 4 is 0 Å². The number of nitrogens with two attached hydrogens (primary N) is 1. The molecule has 1 saturated heterocycles. The molecular weight excluding hydrogens is 198 g/mol. The van der Waals surface area contributed by atoms with Crippen LogP contribution in [0.15, 0.2) is 24.3 Å². The Morgan fingerprint density at radius 3 is 3.00 bits per heavy atom. The van der Waals surface area contributed by atoms with Gasteiger partial charge in [0.1, 0.15) is 0 Å². The minimum atomic E-state index is 0.294. The molecule has 1 fully saturated rings. The van der Waals surface area contributed by atoms with E-state index in [1.807, 2.05) is 24.3 Å². The third-order valence-electron chi connectivity index (χ3n) is 3.07. The highest BCUT2D eigenvalue weighted by Gasteiger charge is 2.17. The minimum absolute atomic E-state index is 0.294. The zero-order valence-corrected chi connectivity index (χ0v) is 9.39. The Kier molecular flexibility index (Phi) is 3.55. The normalized spacial score (nSPS) is 21.6. The molecule has 3 nitrogen and oxygen atoms in total. The Bertz CT molecular complexity index is 394. The van der Waals surface area contributed by atoms with Gasteiger partial charge < -0.3 is 5.73 Å². The molecule has 0 saturated carbocycles. The van der Waals surface area contributed by atoms with Crippen LogP contribution in [0.5, 0.6) is 0 Å². The van der Waals surface area contributed by atoms with Crippen LogP contribution in [0.3, 0.4) is 0 Å². The van der Waals surface area contributed by atoms with E-state index < -0.39 is 0 Å². The molecule has 1 aromatic carbocycles. The molecule has 1 aliphatic heterocycles. The molecule has 1 atom stereocenters. The second kappa shape index (κ2) is 5.11. The van der Waals surface area contributed by atoms with E-state index in [0.717, 1.165) is 43.6 Å². The van der Waals surface area contributed by atoms with Gasteiger partial charge in [-0.15, -0.1) is 0 Å². The molecule has 0 unspecified atom stereocenters. The molecule has 0 aromatic heterocycles. The van der Waals surface area contributed by atoms with Crippen molar-refractivity contribution in [1.82, 2.24) is 4.90 Å². The van der Waals surface area contributed by atoms with Gasteiger partial charge in [0.25, 0.3) is 0 Å². The first-order valence-electron chi connectivity index (χ1n) is 5.75. The lowest BCUT2D eigenvalue weighted by atomic mass is 10.0. The van der Waals surface area contributed by atoms with Crippen LogP contribution in [0.1, 0.15) is 24.0 Å². The van der Waals surface area contributed by atoms with Crippen LogP contribution in [-0.4, -0.2) is 24.0 Å². The topological polar surface area (TPSA) is 53.0 Å². The van der Waals surface area contributed by atoms with Crippen molar-refractivity contribution in [1.29, 1.82) is 5.26 Å². The lowest BCUT2D eigenvalue weighted by molar-refractivity contribution is 0.201. The molecule has 1 aromatic rings. The first kappa shape index (κ1) is 11.1. The molecule has 1 aliphatic rings. The fourth-order valence-corrected chi connectivity index (χ4v) is 2.24. The van der Waals surface area contributed by atoms with Gasteiger partial charge in [0.15, 0.2) is 0 Å². The van der Waals surface area contributed by atoms with Crippen LogP contribution in [0, 0.1) is 11.3 Å². The number of benzene rings is 1. The van der Waals surface area contributed by atoms with Crippen molar-refractivity contribution in [2.75, 3.05) is 13.1 Å². The lowest BCUT2D eigenvalue weighted by Crippen LogP contribution is -2.42. The maximum Gasteiger partial charge on any atom is 0.0995 e. The van der Waals surface area contributed by atoms with Gasteiger partial charge in [0, 0.05) is 19.1 Å². The highest BCUT2D eigenvalue weighted by Crippen LogP contribution is 2.15. The van der Waals surface area contributed by atoms with E-state index >= 15 is 0 Å². The minimum Gasteiger partial charge on any atom is -0.327 e. The van der Waals surface area contributed by atoms with Gasteiger partial charge in [-0.25, -0.2) is 0 Å². The number of rotatable bonds is 2. The first-order valence-corrected chi connectivity index (χ1v) is 5.75. The molecule has 1 heterocycles. The van der Waals surface area contributed by atoms with Crippen LogP contribution in [-0.2, 0) is 6.54 Å². The van der Waals surface area contributed by atoms with E-state index in [1.54, 1.807) is 0 Å². The molecule has 2 N–H and O–H groups in total. The zero-order valence-electron chi connectivity index (χ0n) is 9.39. The van der Waals surface area contributed by atoms with Gasteiger partial charge in [0.05, 0.1) is 11.6 Å². The van der Waals surface area contributed by atoms with E-state index in [0.29, 0.717) is 6.04 Å². The van der Waals surface area contributed by atoms with Gasteiger partial charge in [-0.1, -0.05) is 18.2 Å². The molecule has 2 rings (SSSR count). The Morgan fingerprint density at radius 1 is 1.44 bits per heavy atom. The van der Waals surface area contributed by atoms with Crippen LogP contribution in [0.4, 0.5) is 0 Å². The van der Waals surface area contributed by atoms with Gasteiger partial charge >= 0.3 is 0 Å². The maximum atomic E-state index is 9.01. The summed E-state index contributed by atoms with van der Waals surface area (Å²) in [5.74, 6) is 0.